The summed E-state index contributed by atoms with van der Waals surface area (Å²) in [5.41, 5.74) is 11.4. The Labute approximate surface area is 371 Å². The number of β-amino-alcohol motifs (C(OH)–C–C–N with tert-alkyl or cyclic N) is 1. The zero-order chi connectivity index (χ0) is 46.0. The Morgan fingerprint density at radius 1 is 1.06 bits per heavy atom. The van der Waals surface area contributed by atoms with E-state index in [0.29, 0.717) is 38.0 Å². The second-order valence-corrected chi connectivity index (χ2v) is 17.9. The highest BCUT2D eigenvalue weighted by molar-refractivity contribution is 5.83. The van der Waals surface area contributed by atoms with Gasteiger partial charge in [0.15, 0.2) is 0 Å². The zero-order valence-corrected chi connectivity index (χ0v) is 36.8. The molecule has 2 aliphatic heterocycles. The number of aromatic nitrogens is 3. The highest BCUT2D eigenvalue weighted by Crippen LogP contribution is 2.32. The van der Waals surface area contributed by atoms with E-state index in [2.05, 4.69) is 40.4 Å². The average molecular weight is 881 g/mol. The third kappa shape index (κ3) is 12.7. The van der Waals surface area contributed by atoms with Crippen molar-refractivity contribution >= 4 is 11.8 Å². The van der Waals surface area contributed by atoms with Crippen LogP contribution in [0.15, 0.2) is 100 Å². The number of aryl methyl sites for hydroxylation is 1. The number of piperazine rings is 1. The molecule has 2 amide bonds. The summed E-state index contributed by atoms with van der Waals surface area (Å²) in [7, 11) is 0. The molecular weight excluding hydrogens is 821 g/mol. The molecule has 342 valence electrons. The number of benzene rings is 2. The molecule has 8 atom stereocenters. The van der Waals surface area contributed by atoms with Gasteiger partial charge in [-0.2, -0.15) is 0 Å². The number of aromatic amines is 1. The van der Waals surface area contributed by atoms with Gasteiger partial charge in [0.05, 0.1) is 37.0 Å². The molecule has 7 rings (SSSR count). The van der Waals surface area contributed by atoms with Gasteiger partial charge in [-0.3, -0.25) is 38.7 Å². The highest BCUT2D eigenvalue weighted by Gasteiger charge is 2.38. The monoisotopic (exact) mass is 880 g/mol. The van der Waals surface area contributed by atoms with Crippen molar-refractivity contribution in [3.05, 3.63) is 144 Å². The van der Waals surface area contributed by atoms with E-state index in [9.17, 15) is 29.4 Å². The maximum Gasteiger partial charge on any atom is 0.330 e. The van der Waals surface area contributed by atoms with Gasteiger partial charge in [0.25, 0.3) is 5.56 Å². The Kier molecular flexibility index (Phi) is 16.2. The number of pyridine rings is 1. The molecule has 0 unspecified atom stereocenters. The van der Waals surface area contributed by atoms with E-state index in [1.807, 2.05) is 93.7 Å². The van der Waals surface area contributed by atoms with Crippen molar-refractivity contribution in [2.45, 2.75) is 108 Å². The number of aliphatic hydroxyl groups is 3. The first-order valence-corrected chi connectivity index (χ1v) is 21.7. The van der Waals surface area contributed by atoms with Gasteiger partial charge >= 0.3 is 5.69 Å². The molecule has 1 aliphatic carbocycles. The molecule has 6 N–H and O–H groups in total. The lowest BCUT2D eigenvalue weighted by molar-refractivity contribution is -0.132. The molecule has 2 saturated heterocycles. The molecule has 0 radical (unpaired) electrons. The van der Waals surface area contributed by atoms with E-state index >= 15 is 0 Å². The number of aliphatic hydroxyl groups excluding tert-OH is 3. The van der Waals surface area contributed by atoms with Crippen LogP contribution >= 0.6 is 0 Å². The SMILES string of the molecule is CC(C)(C)NC(=O)[C@@H]1CN(Cc2cccnc2)CCN1C[C@@H](O)C[C@H](Cc1ccccc1)C(=O)N[C@H]1c2ccccc2C[C@H]1O.Cc1cn([C@H]2C[C@H](N=[N+]=[N-])[C@@H](CO)O2)c(=O)[nH]c1=O. The third-order valence-electron chi connectivity index (χ3n) is 11.7. The Morgan fingerprint density at radius 3 is 2.50 bits per heavy atom. The van der Waals surface area contributed by atoms with Gasteiger partial charge in [-0.1, -0.05) is 65.8 Å². The van der Waals surface area contributed by atoms with Crippen molar-refractivity contribution in [2.75, 3.05) is 32.8 Å². The Hall–Kier alpha value is -5.72. The molecule has 0 bridgehead atoms. The van der Waals surface area contributed by atoms with Crippen molar-refractivity contribution in [2.24, 2.45) is 11.0 Å². The van der Waals surface area contributed by atoms with Gasteiger partial charge in [0, 0.05) is 86.1 Å². The lowest BCUT2D eigenvalue weighted by Gasteiger charge is -2.42. The predicted molar refractivity (Wildman–Crippen MR) is 239 cm³/mol. The van der Waals surface area contributed by atoms with Crippen molar-refractivity contribution in [1.82, 2.24) is 35.0 Å². The number of nitrogens with zero attached hydrogens (tertiary/aromatic N) is 7. The second-order valence-electron chi connectivity index (χ2n) is 17.9. The second kappa shape index (κ2) is 21.8. The summed E-state index contributed by atoms with van der Waals surface area (Å²) in [6.07, 6.45) is 3.59. The van der Waals surface area contributed by atoms with Gasteiger partial charge in [-0.15, -0.1) is 0 Å². The molecule has 0 saturated carbocycles. The fourth-order valence-corrected chi connectivity index (χ4v) is 8.60. The minimum absolute atomic E-state index is 0.0712. The maximum atomic E-state index is 13.8. The first-order valence-electron chi connectivity index (χ1n) is 21.7. The van der Waals surface area contributed by atoms with E-state index in [0.717, 1.165) is 28.8 Å². The summed E-state index contributed by atoms with van der Waals surface area (Å²) in [4.78, 5) is 63.7. The van der Waals surface area contributed by atoms with Crippen LogP contribution in [0.25, 0.3) is 10.4 Å². The summed E-state index contributed by atoms with van der Waals surface area (Å²) in [6.45, 7) is 10.0. The Morgan fingerprint density at radius 2 is 1.80 bits per heavy atom. The van der Waals surface area contributed by atoms with Crippen molar-refractivity contribution in [3.8, 4) is 0 Å². The summed E-state index contributed by atoms with van der Waals surface area (Å²) >= 11 is 0. The van der Waals surface area contributed by atoms with Crippen LogP contribution in [0.4, 0.5) is 0 Å². The number of ether oxygens (including phenoxy) is 1. The first-order chi connectivity index (χ1) is 30.6. The van der Waals surface area contributed by atoms with Crippen LogP contribution in [0, 0.1) is 12.8 Å². The topological polar surface area (TPSA) is 251 Å². The summed E-state index contributed by atoms with van der Waals surface area (Å²) < 4.78 is 6.69. The number of azide groups is 1. The van der Waals surface area contributed by atoms with Crippen LogP contribution in [-0.2, 0) is 33.7 Å². The van der Waals surface area contributed by atoms with Gasteiger partial charge in [0.2, 0.25) is 11.8 Å². The lowest BCUT2D eigenvalue weighted by Crippen LogP contribution is -2.61. The molecule has 2 fully saturated rings. The molecule has 18 heteroatoms. The fraction of sp³-hybridized carbons (Fsp3) is 0.500. The van der Waals surface area contributed by atoms with Crippen LogP contribution in [-0.4, -0.2) is 120 Å². The molecule has 4 heterocycles. The number of carbonyl (C=O) groups excluding carboxylic acids is 2. The largest absolute Gasteiger partial charge is 0.394 e. The standard InChI is InChI=1S/C36H47N5O4.C10H13N5O4/c1-36(2,3)39-35(45)31-24-40(22-26-12-9-15-37-21-26)16-17-41(31)23-29(42)19-28(18-25-10-5-4-6-11-25)34(44)38-33-30-14-8-7-13-27(30)20-32(33)43;1-5-3-15(10(18)12-9(5)17)8-2-6(13-14-11)7(4-16)19-8/h4-15,21,28-29,31-33,42-43H,16-20,22-24H2,1-3H3,(H,38,44)(H,39,45);3,6-8,16H,2,4H2,1H3,(H,12,17,18)/t28-,29-,31-,32+,33-;6-,7+,8+/m00/s1. The lowest BCUT2D eigenvalue weighted by atomic mass is 9.91. The number of H-pyrrole nitrogens is 1. The number of carbonyl (C=O) groups is 2. The van der Waals surface area contributed by atoms with Crippen molar-refractivity contribution < 1.29 is 29.6 Å². The number of fused-ring (bicyclic) bond motifs is 1. The van der Waals surface area contributed by atoms with E-state index in [4.69, 9.17) is 15.4 Å². The minimum Gasteiger partial charge on any atom is -0.394 e. The summed E-state index contributed by atoms with van der Waals surface area (Å²) in [6, 6.07) is 20.1. The normalized spacial score (nSPS) is 23.2. The molecule has 3 aliphatic rings. The van der Waals surface area contributed by atoms with E-state index in [1.165, 1.54) is 10.8 Å². The van der Waals surface area contributed by atoms with Crippen molar-refractivity contribution in [1.29, 1.82) is 0 Å². The van der Waals surface area contributed by atoms with E-state index < -0.39 is 65.4 Å². The molecule has 4 aromatic rings. The highest BCUT2D eigenvalue weighted by atomic mass is 16.5. The van der Waals surface area contributed by atoms with E-state index in [1.54, 1.807) is 13.1 Å². The smallest absolute Gasteiger partial charge is 0.330 e. The molecule has 2 aromatic heterocycles. The van der Waals surface area contributed by atoms with Gasteiger partial charge < -0.3 is 30.7 Å². The van der Waals surface area contributed by atoms with Gasteiger partial charge in [0.1, 0.15) is 12.3 Å². The van der Waals surface area contributed by atoms with Crippen LogP contribution in [0.2, 0.25) is 0 Å². The minimum atomic E-state index is -0.833. The predicted octanol–water partition coefficient (Wildman–Crippen LogP) is 2.67. The summed E-state index contributed by atoms with van der Waals surface area (Å²) in [5.74, 6) is -0.781. The Bertz CT molecular complexity index is 2350. The first kappa shape index (κ1) is 47.8. The maximum absolute atomic E-state index is 13.8. The number of amides is 2. The number of rotatable bonds is 14. The van der Waals surface area contributed by atoms with E-state index in [-0.39, 0.29) is 37.8 Å². The van der Waals surface area contributed by atoms with Gasteiger partial charge in [-0.05, 0) is 74.4 Å². The average Bonchev–Trinajstić information content (AvgIpc) is 3.82. The Balaban J connectivity index is 0.000000298. The quantitative estimate of drug-likeness (QED) is 0.0610. The molecule has 18 nitrogen and oxygen atoms in total. The fourth-order valence-electron chi connectivity index (χ4n) is 8.60. The molecule has 0 spiro atoms. The molecule has 64 heavy (non-hydrogen) atoms. The van der Waals surface area contributed by atoms with Crippen LogP contribution in [0.3, 0.4) is 0 Å². The summed E-state index contributed by atoms with van der Waals surface area (Å²) in [5, 5.41) is 41.2. The zero-order valence-electron chi connectivity index (χ0n) is 36.8. The third-order valence-corrected chi connectivity index (χ3v) is 11.7. The van der Waals surface area contributed by atoms with Crippen LogP contribution in [0.1, 0.15) is 73.7 Å². The molecular formula is C46H60N10O8. The van der Waals surface area contributed by atoms with Crippen LogP contribution in [0.5, 0.6) is 0 Å². The van der Waals surface area contributed by atoms with Gasteiger partial charge in [-0.25, -0.2) is 4.79 Å². The number of hydrogen-bond acceptors (Lipinski definition) is 12. The van der Waals surface area contributed by atoms with Crippen molar-refractivity contribution in [3.63, 3.8) is 0 Å². The number of nitrogens with one attached hydrogen (secondary N) is 3. The molecule has 2 aromatic carbocycles. The van der Waals surface area contributed by atoms with Crippen LogP contribution < -0.4 is 21.9 Å². The number of hydrogen-bond donors (Lipinski definition) is 6.